The van der Waals surface area contributed by atoms with Gasteiger partial charge in [0, 0.05) is 44.5 Å². The van der Waals surface area contributed by atoms with Gasteiger partial charge in [-0.05, 0) is 12.1 Å². The van der Waals surface area contributed by atoms with E-state index in [4.69, 9.17) is 14.5 Å². The topological polar surface area (TPSA) is 89.8 Å². The first-order chi connectivity index (χ1) is 15.6. The van der Waals surface area contributed by atoms with Crippen molar-refractivity contribution in [1.82, 2.24) is 24.3 Å². The molecule has 4 heterocycles. The first-order valence-electron chi connectivity index (χ1n) is 10.8. The third-order valence-electron chi connectivity index (χ3n) is 5.96. The highest BCUT2D eigenvalue weighted by Crippen LogP contribution is 2.27. The number of amides is 2. The van der Waals surface area contributed by atoms with Crippen LogP contribution in [0, 0.1) is 0 Å². The third-order valence-corrected chi connectivity index (χ3v) is 5.96. The molecule has 32 heavy (non-hydrogen) atoms. The molecule has 0 unspecified atom stereocenters. The van der Waals surface area contributed by atoms with Gasteiger partial charge in [0.2, 0.25) is 0 Å². The Morgan fingerprint density at radius 1 is 1.03 bits per heavy atom. The van der Waals surface area contributed by atoms with E-state index in [1.54, 1.807) is 28.9 Å². The number of para-hydroxylation sites is 1. The zero-order valence-corrected chi connectivity index (χ0v) is 17.9. The number of aromatic nitrogens is 3. The zero-order chi connectivity index (χ0) is 22.1. The predicted octanol–water partition coefficient (Wildman–Crippen LogP) is 1.65. The monoisotopic (exact) mass is 435 g/mol. The number of benzene rings is 1. The van der Waals surface area contributed by atoms with Crippen molar-refractivity contribution in [2.75, 3.05) is 46.0 Å². The number of morpholine rings is 2. The molecule has 0 aliphatic carbocycles. The van der Waals surface area contributed by atoms with E-state index in [2.05, 4.69) is 4.98 Å². The van der Waals surface area contributed by atoms with Gasteiger partial charge in [0.1, 0.15) is 6.10 Å². The second-order valence-electron chi connectivity index (χ2n) is 7.99. The summed E-state index contributed by atoms with van der Waals surface area (Å²) in [5.41, 5.74) is 1.99. The molecular weight excluding hydrogens is 410 g/mol. The zero-order valence-electron chi connectivity index (χ0n) is 17.9. The van der Waals surface area contributed by atoms with Crippen molar-refractivity contribution in [3.8, 4) is 0 Å². The number of ether oxygens (including phenoxy) is 2. The van der Waals surface area contributed by atoms with Gasteiger partial charge < -0.3 is 23.8 Å². The molecule has 5 rings (SSSR count). The fourth-order valence-corrected chi connectivity index (χ4v) is 4.20. The summed E-state index contributed by atoms with van der Waals surface area (Å²) in [6.45, 7) is 3.43. The van der Waals surface area contributed by atoms with Gasteiger partial charge in [-0.3, -0.25) is 9.59 Å². The first-order valence-corrected chi connectivity index (χ1v) is 10.8. The predicted molar refractivity (Wildman–Crippen MR) is 116 cm³/mol. The second-order valence-corrected chi connectivity index (χ2v) is 7.99. The molecule has 0 saturated carbocycles. The van der Waals surface area contributed by atoms with E-state index in [1.807, 2.05) is 35.2 Å². The number of rotatable bonds is 3. The number of hydrogen-bond acceptors (Lipinski definition) is 6. The minimum absolute atomic E-state index is 0.0371. The van der Waals surface area contributed by atoms with Crippen LogP contribution < -0.4 is 0 Å². The Balaban J connectivity index is 1.46. The average molecular weight is 435 g/mol. The lowest BCUT2D eigenvalue weighted by molar-refractivity contribution is -0.0251. The minimum atomic E-state index is -0.422. The molecule has 2 aromatic heterocycles. The number of carbonyl (C=O) groups excluding carboxylic acids is 2. The maximum atomic E-state index is 13.3. The fourth-order valence-electron chi connectivity index (χ4n) is 4.20. The number of fused-ring (bicyclic) bond motifs is 1. The van der Waals surface area contributed by atoms with Crippen LogP contribution >= 0.6 is 0 Å². The van der Waals surface area contributed by atoms with Crippen LogP contribution in [0.4, 0.5) is 0 Å². The van der Waals surface area contributed by atoms with Crippen LogP contribution in [-0.2, 0) is 16.5 Å². The van der Waals surface area contributed by atoms with Crippen molar-refractivity contribution in [2.24, 2.45) is 7.05 Å². The molecule has 2 amide bonds. The highest BCUT2D eigenvalue weighted by atomic mass is 16.5. The summed E-state index contributed by atoms with van der Waals surface area (Å²) in [6.07, 6.45) is 2.94. The molecule has 3 aromatic rings. The molecule has 1 atom stereocenters. The van der Waals surface area contributed by atoms with Gasteiger partial charge >= 0.3 is 0 Å². The van der Waals surface area contributed by atoms with E-state index in [-0.39, 0.29) is 11.8 Å². The van der Waals surface area contributed by atoms with Crippen molar-refractivity contribution >= 4 is 22.7 Å². The molecule has 1 aromatic carbocycles. The molecule has 0 N–H and O–H groups in total. The number of aryl methyl sites for hydroxylation is 1. The van der Waals surface area contributed by atoms with Crippen LogP contribution in [0.2, 0.25) is 0 Å². The third kappa shape index (κ3) is 3.85. The van der Waals surface area contributed by atoms with E-state index in [0.717, 1.165) is 10.9 Å². The highest BCUT2D eigenvalue weighted by molar-refractivity contribution is 6.06. The second kappa shape index (κ2) is 8.68. The summed E-state index contributed by atoms with van der Waals surface area (Å²) in [4.78, 5) is 38.8. The Morgan fingerprint density at radius 3 is 2.59 bits per heavy atom. The Hall–Kier alpha value is -3.30. The molecule has 2 aliphatic heterocycles. The van der Waals surface area contributed by atoms with Crippen molar-refractivity contribution < 1.29 is 19.1 Å². The average Bonchev–Trinajstić information content (AvgIpc) is 3.28. The van der Waals surface area contributed by atoms with Gasteiger partial charge in [-0.25, -0.2) is 9.97 Å². The summed E-state index contributed by atoms with van der Waals surface area (Å²) in [5.74, 6) is 0.210. The van der Waals surface area contributed by atoms with Gasteiger partial charge in [-0.1, -0.05) is 18.2 Å². The lowest BCUT2D eigenvalue weighted by Crippen LogP contribution is -2.43. The number of nitrogens with zero attached hydrogens (tertiary/aromatic N) is 5. The van der Waals surface area contributed by atoms with Crippen molar-refractivity contribution in [2.45, 2.75) is 6.10 Å². The molecule has 9 nitrogen and oxygen atoms in total. The molecule has 0 bridgehead atoms. The number of imidazole rings is 1. The number of hydrogen-bond donors (Lipinski definition) is 0. The Bertz CT molecular complexity index is 1150. The molecule has 2 aliphatic rings. The van der Waals surface area contributed by atoms with Crippen LogP contribution in [0.5, 0.6) is 0 Å². The lowest BCUT2D eigenvalue weighted by Gasteiger charge is -2.33. The van der Waals surface area contributed by atoms with Crippen molar-refractivity contribution in [3.63, 3.8) is 0 Å². The molecule has 9 heteroatoms. The summed E-state index contributed by atoms with van der Waals surface area (Å²) in [7, 11) is 1.80. The number of carbonyl (C=O) groups is 2. The number of pyridine rings is 1. The van der Waals surface area contributed by atoms with Crippen molar-refractivity contribution in [1.29, 1.82) is 0 Å². The summed E-state index contributed by atoms with van der Waals surface area (Å²) in [6, 6.07) is 9.44. The summed E-state index contributed by atoms with van der Waals surface area (Å²) < 4.78 is 13.1. The van der Waals surface area contributed by atoms with Crippen molar-refractivity contribution in [3.05, 3.63) is 59.8 Å². The molecule has 0 radical (unpaired) electrons. The van der Waals surface area contributed by atoms with Gasteiger partial charge in [-0.15, -0.1) is 0 Å². The standard InChI is InChI=1S/C23H25N5O4/c1-26-7-6-24-21(26)23(30)28-10-13-32-20(15-28)19-14-17(16-4-2-3-5-18(16)25-19)22(29)27-8-11-31-12-9-27/h2-7,14,20H,8-13,15H2,1H3/t20-/m1/s1. The Kier molecular flexibility index (Phi) is 5.59. The van der Waals surface area contributed by atoms with Crippen LogP contribution in [0.25, 0.3) is 10.9 Å². The van der Waals surface area contributed by atoms with Crippen LogP contribution in [0.3, 0.4) is 0 Å². The van der Waals surface area contributed by atoms with Gasteiger partial charge in [0.25, 0.3) is 11.8 Å². The van der Waals surface area contributed by atoms with Crippen LogP contribution in [0.15, 0.2) is 42.7 Å². The Labute approximate surface area is 185 Å². The molecule has 0 spiro atoms. The van der Waals surface area contributed by atoms with E-state index in [1.165, 1.54) is 0 Å². The van der Waals surface area contributed by atoms with E-state index < -0.39 is 6.10 Å². The fraction of sp³-hybridized carbons (Fsp3) is 0.391. The molecular formula is C23H25N5O4. The van der Waals surface area contributed by atoms with Crippen LogP contribution in [0.1, 0.15) is 32.8 Å². The van der Waals surface area contributed by atoms with E-state index >= 15 is 0 Å². The maximum absolute atomic E-state index is 13.3. The van der Waals surface area contributed by atoms with Gasteiger partial charge in [0.05, 0.1) is 43.1 Å². The highest BCUT2D eigenvalue weighted by Gasteiger charge is 2.30. The lowest BCUT2D eigenvalue weighted by atomic mass is 10.0. The summed E-state index contributed by atoms with van der Waals surface area (Å²) in [5, 5.41) is 0.810. The van der Waals surface area contributed by atoms with E-state index in [9.17, 15) is 9.59 Å². The summed E-state index contributed by atoms with van der Waals surface area (Å²) >= 11 is 0. The maximum Gasteiger partial charge on any atom is 0.290 e. The van der Waals surface area contributed by atoms with Gasteiger partial charge in [-0.2, -0.15) is 0 Å². The minimum Gasteiger partial charge on any atom is -0.378 e. The smallest absolute Gasteiger partial charge is 0.290 e. The molecule has 2 fully saturated rings. The SMILES string of the molecule is Cn1ccnc1C(=O)N1CCO[C@@H](c2cc(C(=O)N3CCOCC3)c3ccccc3n2)C1. The van der Waals surface area contributed by atoms with Crippen LogP contribution in [-0.4, -0.2) is 82.1 Å². The largest absolute Gasteiger partial charge is 0.378 e. The van der Waals surface area contributed by atoms with Gasteiger partial charge in [0.15, 0.2) is 5.82 Å². The normalized spacial score (nSPS) is 19.3. The first kappa shape index (κ1) is 20.6. The quantitative estimate of drug-likeness (QED) is 0.622. The molecule has 2 saturated heterocycles. The van der Waals surface area contributed by atoms with E-state index in [0.29, 0.717) is 63.1 Å². The molecule has 166 valence electrons. The Morgan fingerprint density at radius 2 is 1.81 bits per heavy atom.